The second-order valence-electron chi connectivity index (χ2n) is 13.5. The molecule has 0 spiro atoms. The minimum atomic E-state index is -1.00. The van der Waals surface area contributed by atoms with Crippen LogP contribution in [0.2, 0.25) is 0 Å². The van der Waals surface area contributed by atoms with Crippen molar-refractivity contribution in [1.82, 2.24) is 19.7 Å². The fourth-order valence-corrected chi connectivity index (χ4v) is 8.04. The first-order chi connectivity index (χ1) is 21.6. The van der Waals surface area contributed by atoms with Crippen LogP contribution < -0.4 is 19.4 Å². The van der Waals surface area contributed by atoms with Crippen LogP contribution in [0.25, 0.3) is 0 Å². The summed E-state index contributed by atoms with van der Waals surface area (Å²) in [5.74, 6) is -1.42. The maximum atomic E-state index is 14.0. The molecular weight excluding hydrogens is 573 g/mol. The number of benzene rings is 1. The number of hydrogen-bond acceptors (Lipinski definition) is 8. The zero-order chi connectivity index (χ0) is 31.6. The molecular formula is C34H44FN7O3. The van der Waals surface area contributed by atoms with Crippen molar-refractivity contribution in [1.29, 1.82) is 0 Å². The van der Waals surface area contributed by atoms with E-state index in [0.29, 0.717) is 37.3 Å². The summed E-state index contributed by atoms with van der Waals surface area (Å²) in [5.41, 5.74) is 7.84. The minimum Gasteiger partial charge on any atom is -0.474 e. The maximum absolute atomic E-state index is 14.0. The van der Waals surface area contributed by atoms with Gasteiger partial charge in [-0.1, -0.05) is 18.7 Å². The average molecular weight is 618 g/mol. The lowest BCUT2D eigenvalue weighted by Gasteiger charge is -2.51. The third-order valence-corrected chi connectivity index (χ3v) is 10.6. The largest absolute Gasteiger partial charge is 0.474 e. The molecule has 5 aliphatic heterocycles. The summed E-state index contributed by atoms with van der Waals surface area (Å²) in [6, 6.07) is 6.00. The van der Waals surface area contributed by atoms with Crippen LogP contribution in [0.4, 0.5) is 21.5 Å². The predicted octanol–water partition coefficient (Wildman–Crippen LogP) is 2.97. The van der Waals surface area contributed by atoms with E-state index in [-0.39, 0.29) is 18.5 Å². The number of carbonyl (C=O) groups excluding carboxylic acids is 2. The van der Waals surface area contributed by atoms with Gasteiger partial charge in [0.15, 0.2) is 5.83 Å². The zero-order valence-electron chi connectivity index (χ0n) is 26.9. The molecule has 11 heteroatoms. The van der Waals surface area contributed by atoms with E-state index in [2.05, 4.69) is 58.5 Å². The molecule has 3 atom stereocenters. The number of fused-ring (bicyclic) bond motifs is 6. The van der Waals surface area contributed by atoms with Crippen LogP contribution in [-0.4, -0.2) is 110 Å². The van der Waals surface area contributed by atoms with Crippen molar-refractivity contribution in [2.75, 3.05) is 75.2 Å². The number of likely N-dealkylation sites (tertiary alicyclic amines) is 1. The lowest BCUT2D eigenvalue weighted by molar-refractivity contribution is -0.133. The third-order valence-electron chi connectivity index (χ3n) is 10.6. The van der Waals surface area contributed by atoms with Gasteiger partial charge in [-0.2, -0.15) is 0 Å². The first kappa shape index (κ1) is 30.0. The first-order valence-electron chi connectivity index (χ1n) is 16.2. The standard InChI is InChI=1S/C34H44FN7O3/c1-21-16-42-29(19-41(21)33(43)22(2)35)34(44)39(5)31-30(42)26-12-15-40(28-10-6-8-23-17-37(3)14-11-25(23)28)18-27(26)36-32(31)45-20-24-9-7-13-38(24)4/h6,8,10,21,24,29H,2,7,9,11-20H2,1,3-5H3/t21-,24+,29-/m1/s1. The predicted molar refractivity (Wildman–Crippen MR) is 173 cm³/mol. The van der Waals surface area contributed by atoms with Crippen molar-refractivity contribution in [2.45, 2.75) is 63.8 Å². The number of pyridine rings is 1. The van der Waals surface area contributed by atoms with Crippen molar-refractivity contribution < 1.29 is 18.7 Å². The number of halogens is 1. The number of aromatic nitrogens is 1. The Labute approximate surface area is 265 Å². The second-order valence-corrected chi connectivity index (χ2v) is 13.5. The van der Waals surface area contributed by atoms with Crippen LogP contribution >= 0.6 is 0 Å². The fourth-order valence-electron chi connectivity index (χ4n) is 8.04. The number of ether oxygens (including phenoxy) is 1. The van der Waals surface area contributed by atoms with Gasteiger partial charge < -0.3 is 34.1 Å². The van der Waals surface area contributed by atoms with Gasteiger partial charge in [-0.3, -0.25) is 9.59 Å². The van der Waals surface area contributed by atoms with Crippen LogP contribution in [0, 0.1) is 0 Å². The van der Waals surface area contributed by atoms with Crippen molar-refractivity contribution in [3.8, 4) is 5.88 Å². The number of amides is 2. The molecule has 2 saturated heterocycles. The molecule has 0 aliphatic carbocycles. The van der Waals surface area contributed by atoms with Crippen molar-refractivity contribution in [2.24, 2.45) is 0 Å². The van der Waals surface area contributed by atoms with E-state index in [0.717, 1.165) is 68.8 Å². The molecule has 240 valence electrons. The van der Waals surface area contributed by atoms with Gasteiger partial charge in [0.05, 0.1) is 24.5 Å². The lowest BCUT2D eigenvalue weighted by atomic mass is 9.92. The summed E-state index contributed by atoms with van der Waals surface area (Å²) in [6.45, 7) is 10.6. The molecule has 2 amide bonds. The quantitative estimate of drug-likeness (QED) is 0.475. The Balaban J connectivity index is 1.29. The topological polar surface area (TPSA) is 75.7 Å². The summed E-state index contributed by atoms with van der Waals surface area (Å²) in [5, 5.41) is 0. The minimum absolute atomic E-state index is 0.0996. The van der Waals surface area contributed by atoms with E-state index < -0.39 is 17.8 Å². The summed E-state index contributed by atoms with van der Waals surface area (Å²) >= 11 is 0. The van der Waals surface area contributed by atoms with Crippen LogP contribution in [0.1, 0.15) is 42.1 Å². The van der Waals surface area contributed by atoms with Crippen molar-refractivity contribution in [3.63, 3.8) is 0 Å². The smallest absolute Gasteiger partial charge is 0.282 e. The second kappa shape index (κ2) is 11.6. The first-order valence-corrected chi connectivity index (χ1v) is 16.2. The Morgan fingerprint density at radius 3 is 2.62 bits per heavy atom. The third kappa shape index (κ3) is 5.13. The fraction of sp³-hybridized carbons (Fsp3) is 0.559. The van der Waals surface area contributed by atoms with Crippen LogP contribution in [0.3, 0.4) is 0 Å². The van der Waals surface area contributed by atoms with Gasteiger partial charge in [0.1, 0.15) is 18.3 Å². The van der Waals surface area contributed by atoms with Gasteiger partial charge in [0.25, 0.3) is 11.8 Å². The molecule has 10 nitrogen and oxygen atoms in total. The number of piperazine rings is 1. The lowest BCUT2D eigenvalue weighted by Crippen LogP contribution is -2.66. The molecule has 2 fully saturated rings. The number of anilines is 3. The number of hydrogen-bond donors (Lipinski definition) is 0. The van der Waals surface area contributed by atoms with Gasteiger partial charge in [-0.25, -0.2) is 9.37 Å². The normalized spacial score (nSPS) is 25.1. The average Bonchev–Trinajstić information content (AvgIpc) is 3.44. The van der Waals surface area contributed by atoms with Crippen LogP contribution in [0.5, 0.6) is 5.88 Å². The van der Waals surface area contributed by atoms with E-state index in [9.17, 15) is 14.0 Å². The highest BCUT2D eigenvalue weighted by Crippen LogP contribution is 2.48. The molecule has 0 unspecified atom stereocenters. The molecule has 0 saturated carbocycles. The molecule has 5 aliphatic rings. The van der Waals surface area contributed by atoms with E-state index in [1.807, 2.05) is 6.92 Å². The Kier molecular flexibility index (Phi) is 7.72. The molecule has 7 rings (SSSR count). The summed E-state index contributed by atoms with van der Waals surface area (Å²) in [6.07, 6.45) is 3.99. The van der Waals surface area contributed by atoms with E-state index in [1.54, 1.807) is 11.9 Å². The van der Waals surface area contributed by atoms with Gasteiger partial charge in [0.2, 0.25) is 5.88 Å². The molecule has 45 heavy (non-hydrogen) atoms. The molecule has 0 N–H and O–H groups in total. The van der Waals surface area contributed by atoms with Gasteiger partial charge >= 0.3 is 0 Å². The number of rotatable bonds is 5. The van der Waals surface area contributed by atoms with Gasteiger partial charge in [-0.15, -0.1) is 0 Å². The molecule has 1 aromatic carbocycles. The Bertz CT molecular complexity index is 1550. The highest BCUT2D eigenvalue weighted by molar-refractivity contribution is 6.08. The monoisotopic (exact) mass is 617 g/mol. The molecule has 0 radical (unpaired) electrons. The highest BCUT2D eigenvalue weighted by Gasteiger charge is 2.47. The Morgan fingerprint density at radius 1 is 1.07 bits per heavy atom. The van der Waals surface area contributed by atoms with Gasteiger partial charge in [-0.05, 0) is 70.4 Å². The summed E-state index contributed by atoms with van der Waals surface area (Å²) < 4.78 is 20.5. The van der Waals surface area contributed by atoms with E-state index in [1.165, 1.54) is 21.7 Å². The molecule has 6 heterocycles. The van der Waals surface area contributed by atoms with E-state index >= 15 is 0 Å². The maximum Gasteiger partial charge on any atom is 0.282 e. The van der Waals surface area contributed by atoms with Gasteiger partial charge in [0, 0.05) is 56.6 Å². The number of nitrogens with zero attached hydrogens (tertiary/aromatic N) is 7. The number of likely N-dealkylation sites (N-methyl/N-ethyl adjacent to an activating group) is 3. The molecule has 0 bridgehead atoms. The highest BCUT2D eigenvalue weighted by atomic mass is 19.1. The Morgan fingerprint density at radius 2 is 1.87 bits per heavy atom. The Hall–Kier alpha value is -3.70. The summed E-state index contributed by atoms with van der Waals surface area (Å²) in [7, 11) is 6.06. The van der Waals surface area contributed by atoms with Crippen molar-refractivity contribution >= 4 is 28.9 Å². The van der Waals surface area contributed by atoms with Crippen molar-refractivity contribution in [3.05, 3.63) is 53.0 Å². The summed E-state index contributed by atoms with van der Waals surface area (Å²) in [4.78, 5) is 44.2. The zero-order valence-corrected chi connectivity index (χ0v) is 26.9. The molecule has 1 aromatic heterocycles. The molecule has 2 aromatic rings. The number of carbonyl (C=O) groups is 2. The van der Waals surface area contributed by atoms with Crippen LogP contribution in [0.15, 0.2) is 30.6 Å². The van der Waals surface area contributed by atoms with Crippen LogP contribution in [-0.2, 0) is 35.5 Å². The van der Waals surface area contributed by atoms with E-state index in [4.69, 9.17) is 9.72 Å². The SMILES string of the molecule is C=C(F)C(=O)N1C[C@@H]2C(=O)N(C)c3c(OC[C@@H]4CCCN4C)nc4c(c3N2C[C@H]1C)CCN(c1cccc2c1CCN(C)C2)C4.